The van der Waals surface area contributed by atoms with Gasteiger partial charge in [-0.3, -0.25) is 0 Å². The SMILES string of the molecule is C[C@@H]1c2ccccc2C(=O)O[C@H]1C1CCCCC1. The van der Waals surface area contributed by atoms with Crippen LogP contribution in [0.5, 0.6) is 0 Å². The summed E-state index contributed by atoms with van der Waals surface area (Å²) in [6.45, 7) is 2.20. The minimum Gasteiger partial charge on any atom is -0.458 e. The molecule has 1 saturated carbocycles. The van der Waals surface area contributed by atoms with Crippen LogP contribution in [0.3, 0.4) is 0 Å². The summed E-state index contributed by atoms with van der Waals surface area (Å²) in [5, 5.41) is 0. The van der Waals surface area contributed by atoms with E-state index in [1.807, 2.05) is 18.2 Å². The molecule has 1 aromatic rings. The Balaban J connectivity index is 1.89. The lowest BCUT2D eigenvalue weighted by Crippen LogP contribution is -2.37. The highest BCUT2D eigenvalue weighted by atomic mass is 16.5. The normalized spacial score (nSPS) is 28.6. The van der Waals surface area contributed by atoms with Crippen molar-refractivity contribution in [3.63, 3.8) is 0 Å². The van der Waals surface area contributed by atoms with Crippen molar-refractivity contribution < 1.29 is 9.53 Å². The van der Waals surface area contributed by atoms with Crippen LogP contribution in [-0.2, 0) is 4.74 Å². The number of rotatable bonds is 1. The predicted octanol–water partition coefficient (Wildman–Crippen LogP) is 3.91. The molecule has 2 heteroatoms. The first-order valence-corrected chi connectivity index (χ1v) is 7.07. The fourth-order valence-electron chi connectivity index (χ4n) is 3.51. The van der Waals surface area contributed by atoms with Crippen LogP contribution >= 0.6 is 0 Å². The Hall–Kier alpha value is -1.31. The largest absolute Gasteiger partial charge is 0.458 e. The molecule has 18 heavy (non-hydrogen) atoms. The Morgan fingerprint density at radius 2 is 1.83 bits per heavy atom. The van der Waals surface area contributed by atoms with E-state index < -0.39 is 0 Å². The molecule has 1 aliphatic carbocycles. The van der Waals surface area contributed by atoms with Gasteiger partial charge >= 0.3 is 5.97 Å². The summed E-state index contributed by atoms with van der Waals surface area (Å²) >= 11 is 0. The van der Waals surface area contributed by atoms with Crippen molar-refractivity contribution in [1.82, 2.24) is 0 Å². The van der Waals surface area contributed by atoms with Gasteiger partial charge < -0.3 is 4.74 Å². The third kappa shape index (κ3) is 1.94. The van der Waals surface area contributed by atoms with E-state index >= 15 is 0 Å². The Kier molecular flexibility index (Phi) is 3.11. The highest BCUT2D eigenvalue weighted by Gasteiger charge is 2.37. The zero-order valence-corrected chi connectivity index (χ0v) is 10.9. The molecular formula is C16H20O2. The van der Waals surface area contributed by atoms with Gasteiger partial charge in [-0.25, -0.2) is 4.79 Å². The monoisotopic (exact) mass is 244 g/mol. The Bertz CT molecular complexity index is 446. The number of cyclic esters (lactones) is 1. The number of carbonyl (C=O) groups excluding carboxylic acids is 1. The van der Waals surface area contributed by atoms with Crippen molar-refractivity contribution >= 4 is 5.97 Å². The Morgan fingerprint density at radius 3 is 2.61 bits per heavy atom. The number of benzene rings is 1. The van der Waals surface area contributed by atoms with Crippen LogP contribution in [0.2, 0.25) is 0 Å². The highest BCUT2D eigenvalue weighted by molar-refractivity contribution is 5.92. The molecule has 0 radical (unpaired) electrons. The van der Waals surface area contributed by atoms with Gasteiger partial charge in [-0.05, 0) is 30.4 Å². The van der Waals surface area contributed by atoms with Crippen LogP contribution in [0.1, 0.15) is 60.9 Å². The molecule has 0 amide bonds. The quantitative estimate of drug-likeness (QED) is 0.700. The van der Waals surface area contributed by atoms with E-state index in [4.69, 9.17) is 4.74 Å². The van der Waals surface area contributed by atoms with E-state index in [0.29, 0.717) is 11.8 Å². The third-order valence-electron chi connectivity index (χ3n) is 4.52. The predicted molar refractivity (Wildman–Crippen MR) is 70.6 cm³/mol. The molecule has 1 aliphatic heterocycles. The molecule has 2 aliphatic rings. The average molecular weight is 244 g/mol. The molecule has 1 aromatic carbocycles. The second-order valence-electron chi connectivity index (χ2n) is 5.64. The summed E-state index contributed by atoms with van der Waals surface area (Å²) in [4.78, 5) is 12.1. The molecule has 1 fully saturated rings. The van der Waals surface area contributed by atoms with E-state index in [2.05, 4.69) is 13.0 Å². The van der Waals surface area contributed by atoms with E-state index in [0.717, 1.165) is 5.56 Å². The van der Waals surface area contributed by atoms with Crippen molar-refractivity contribution in [2.45, 2.75) is 51.0 Å². The lowest BCUT2D eigenvalue weighted by atomic mass is 9.76. The first-order chi connectivity index (χ1) is 8.77. The highest BCUT2D eigenvalue weighted by Crippen LogP contribution is 2.39. The molecule has 96 valence electrons. The molecular weight excluding hydrogens is 224 g/mol. The number of ether oxygens (including phenoxy) is 1. The van der Waals surface area contributed by atoms with E-state index in [1.54, 1.807) is 0 Å². The maximum absolute atomic E-state index is 12.1. The van der Waals surface area contributed by atoms with Gasteiger partial charge in [0, 0.05) is 5.92 Å². The van der Waals surface area contributed by atoms with Crippen LogP contribution in [0, 0.1) is 5.92 Å². The van der Waals surface area contributed by atoms with Crippen molar-refractivity contribution in [2.75, 3.05) is 0 Å². The Labute approximate surface area is 108 Å². The lowest BCUT2D eigenvalue weighted by Gasteiger charge is -2.37. The molecule has 3 rings (SSSR count). The van der Waals surface area contributed by atoms with Crippen molar-refractivity contribution in [3.05, 3.63) is 35.4 Å². The maximum Gasteiger partial charge on any atom is 0.338 e. The van der Waals surface area contributed by atoms with Gasteiger partial charge in [0.1, 0.15) is 6.10 Å². The maximum atomic E-state index is 12.1. The summed E-state index contributed by atoms with van der Waals surface area (Å²) in [7, 11) is 0. The molecule has 0 bridgehead atoms. The van der Waals surface area contributed by atoms with Crippen molar-refractivity contribution in [2.24, 2.45) is 5.92 Å². The molecule has 0 aromatic heterocycles. The van der Waals surface area contributed by atoms with Gasteiger partial charge in [0.05, 0.1) is 5.56 Å². The zero-order valence-electron chi connectivity index (χ0n) is 10.9. The molecule has 0 N–H and O–H groups in total. The summed E-state index contributed by atoms with van der Waals surface area (Å²) in [5.41, 5.74) is 1.93. The van der Waals surface area contributed by atoms with Crippen LogP contribution in [0.4, 0.5) is 0 Å². The van der Waals surface area contributed by atoms with Gasteiger partial charge in [-0.1, -0.05) is 44.4 Å². The van der Waals surface area contributed by atoms with E-state index in [9.17, 15) is 4.79 Å². The lowest BCUT2D eigenvalue weighted by molar-refractivity contribution is -0.00672. The number of hydrogen-bond acceptors (Lipinski definition) is 2. The number of carbonyl (C=O) groups is 1. The van der Waals surface area contributed by atoms with Gasteiger partial charge in [0.25, 0.3) is 0 Å². The second-order valence-corrected chi connectivity index (χ2v) is 5.64. The molecule has 2 nitrogen and oxygen atoms in total. The first-order valence-electron chi connectivity index (χ1n) is 7.07. The van der Waals surface area contributed by atoms with E-state index in [-0.39, 0.29) is 12.1 Å². The third-order valence-corrected chi connectivity index (χ3v) is 4.52. The minimum absolute atomic E-state index is 0.0905. The number of esters is 1. The van der Waals surface area contributed by atoms with Gasteiger partial charge in [0.15, 0.2) is 0 Å². The molecule has 0 spiro atoms. The number of hydrogen-bond donors (Lipinski definition) is 0. The second kappa shape index (κ2) is 4.75. The molecule has 1 heterocycles. The van der Waals surface area contributed by atoms with E-state index in [1.165, 1.54) is 37.7 Å². The average Bonchev–Trinajstić information content (AvgIpc) is 2.44. The first kappa shape index (κ1) is 11.8. The van der Waals surface area contributed by atoms with Crippen LogP contribution in [0.15, 0.2) is 24.3 Å². The smallest absolute Gasteiger partial charge is 0.338 e. The van der Waals surface area contributed by atoms with Gasteiger partial charge in [0.2, 0.25) is 0 Å². The van der Waals surface area contributed by atoms with Crippen molar-refractivity contribution in [3.8, 4) is 0 Å². The Morgan fingerprint density at radius 1 is 1.11 bits per heavy atom. The number of fused-ring (bicyclic) bond motifs is 1. The van der Waals surface area contributed by atoms with Crippen LogP contribution in [-0.4, -0.2) is 12.1 Å². The fourth-order valence-corrected chi connectivity index (χ4v) is 3.51. The standard InChI is InChI=1S/C16H20O2/c1-11-13-9-5-6-10-14(13)16(17)18-15(11)12-7-3-2-4-8-12/h5-6,9-12,15H,2-4,7-8H2,1H3/t11-,15-/m1/s1. The molecule has 0 saturated heterocycles. The minimum atomic E-state index is -0.126. The summed E-state index contributed by atoms with van der Waals surface area (Å²) in [6, 6.07) is 7.89. The van der Waals surface area contributed by atoms with Gasteiger partial charge in [-0.15, -0.1) is 0 Å². The summed E-state index contributed by atoms with van der Waals surface area (Å²) in [5.74, 6) is 0.771. The summed E-state index contributed by atoms with van der Waals surface area (Å²) < 4.78 is 5.73. The molecule has 0 unspecified atom stereocenters. The summed E-state index contributed by atoms with van der Waals surface area (Å²) in [6.07, 6.45) is 6.42. The zero-order chi connectivity index (χ0) is 12.5. The van der Waals surface area contributed by atoms with Crippen LogP contribution < -0.4 is 0 Å². The van der Waals surface area contributed by atoms with Crippen LogP contribution in [0.25, 0.3) is 0 Å². The topological polar surface area (TPSA) is 26.3 Å². The van der Waals surface area contributed by atoms with Crippen molar-refractivity contribution in [1.29, 1.82) is 0 Å². The van der Waals surface area contributed by atoms with Gasteiger partial charge in [-0.2, -0.15) is 0 Å². The fraction of sp³-hybridized carbons (Fsp3) is 0.562. The molecule has 2 atom stereocenters.